The van der Waals surface area contributed by atoms with Gasteiger partial charge >= 0.3 is 12.0 Å². The average Bonchev–Trinajstić information content (AvgIpc) is 2.48. The van der Waals surface area contributed by atoms with Crippen molar-refractivity contribution in [2.24, 2.45) is 0 Å². The third-order valence-corrected chi connectivity index (χ3v) is 2.45. The number of ether oxygens (including phenoxy) is 3. The molecule has 0 saturated carbocycles. The van der Waals surface area contributed by atoms with Gasteiger partial charge in [-0.1, -0.05) is 6.07 Å². The summed E-state index contributed by atoms with van der Waals surface area (Å²) < 4.78 is 15.8. The molecule has 1 aromatic carbocycles. The summed E-state index contributed by atoms with van der Waals surface area (Å²) in [5.41, 5.74) is -0.0238. The second-order valence-corrected chi connectivity index (χ2v) is 3.65. The van der Waals surface area contributed by atoms with E-state index >= 15 is 0 Å². The molecule has 0 fully saturated rings. The number of aromatic carboxylic acids is 1. The van der Waals surface area contributed by atoms with E-state index in [-0.39, 0.29) is 11.6 Å². The van der Waals surface area contributed by atoms with Crippen molar-refractivity contribution in [2.75, 3.05) is 14.2 Å². The maximum atomic E-state index is 10.7. The van der Waals surface area contributed by atoms with Crippen LogP contribution in [0.1, 0.15) is 10.4 Å². The number of benzene rings is 1. The van der Waals surface area contributed by atoms with Crippen molar-refractivity contribution in [1.82, 2.24) is 9.97 Å². The number of carboxylic acid groups (broad SMARTS) is 1. The van der Waals surface area contributed by atoms with E-state index in [1.165, 1.54) is 14.2 Å². The highest BCUT2D eigenvalue weighted by Crippen LogP contribution is 2.38. The Kier molecular flexibility index (Phi) is 3.99. The number of hydrogen-bond donors (Lipinski definition) is 1. The summed E-state index contributed by atoms with van der Waals surface area (Å²) in [5, 5.41) is 8.77. The third kappa shape index (κ3) is 2.77. The molecule has 1 aromatic heterocycles. The summed E-state index contributed by atoms with van der Waals surface area (Å²) in [6, 6.07) is 5.14. The van der Waals surface area contributed by atoms with Crippen LogP contribution in [-0.4, -0.2) is 35.3 Å². The van der Waals surface area contributed by atoms with Crippen LogP contribution in [0.25, 0.3) is 0 Å². The van der Waals surface area contributed by atoms with Crippen LogP contribution in [0.2, 0.25) is 0 Å². The van der Waals surface area contributed by atoms with Crippen molar-refractivity contribution in [3.8, 4) is 23.3 Å². The Morgan fingerprint density at radius 1 is 1.10 bits per heavy atom. The molecule has 104 valence electrons. The molecule has 0 unspecified atom stereocenters. The summed E-state index contributed by atoms with van der Waals surface area (Å²) in [6.07, 6.45) is 2.32. The Hall–Kier alpha value is -2.83. The maximum absolute atomic E-state index is 10.7. The van der Waals surface area contributed by atoms with Crippen LogP contribution < -0.4 is 14.2 Å². The van der Waals surface area contributed by atoms with Crippen LogP contribution in [0.4, 0.5) is 0 Å². The number of aromatic nitrogens is 2. The van der Waals surface area contributed by atoms with Crippen LogP contribution in [-0.2, 0) is 0 Å². The van der Waals surface area contributed by atoms with Crippen molar-refractivity contribution in [3.63, 3.8) is 0 Å². The largest absolute Gasteiger partial charge is 0.493 e. The third-order valence-electron chi connectivity index (χ3n) is 2.45. The molecule has 7 heteroatoms. The summed E-state index contributed by atoms with van der Waals surface area (Å²) in [6.45, 7) is 0. The SMILES string of the molecule is COc1cccc(OC)c1Oc1ncc(C(=O)O)cn1. The molecule has 2 aromatic rings. The highest BCUT2D eigenvalue weighted by atomic mass is 16.5. The molecule has 0 aliphatic rings. The fourth-order valence-electron chi connectivity index (χ4n) is 1.49. The second kappa shape index (κ2) is 5.87. The van der Waals surface area contributed by atoms with Crippen LogP contribution in [0, 0.1) is 0 Å². The normalized spacial score (nSPS) is 9.90. The minimum Gasteiger partial charge on any atom is -0.493 e. The summed E-state index contributed by atoms with van der Waals surface area (Å²) in [4.78, 5) is 18.4. The van der Waals surface area contributed by atoms with E-state index in [1.807, 2.05) is 0 Å². The molecule has 1 heterocycles. The lowest BCUT2D eigenvalue weighted by atomic mass is 10.3. The van der Waals surface area contributed by atoms with Gasteiger partial charge in [-0.15, -0.1) is 0 Å². The standard InChI is InChI=1S/C13H12N2O5/c1-18-9-4-3-5-10(19-2)11(9)20-13-14-6-8(7-15-13)12(16)17/h3-7H,1-2H3,(H,16,17). The Bertz CT molecular complexity index is 590. The zero-order chi connectivity index (χ0) is 14.5. The quantitative estimate of drug-likeness (QED) is 0.892. The topological polar surface area (TPSA) is 90.8 Å². The van der Waals surface area contributed by atoms with E-state index in [2.05, 4.69) is 9.97 Å². The van der Waals surface area contributed by atoms with Crippen molar-refractivity contribution in [1.29, 1.82) is 0 Å². The Labute approximate surface area is 114 Å². The van der Waals surface area contributed by atoms with Gasteiger partial charge in [0.2, 0.25) is 5.75 Å². The van der Waals surface area contributed by atoms with Crippen molar-refractivity contribution in [2.45, 2.75) is 0 Å². The lowest BCUT2D eigenvalue weighted by Crippen LogP contribution is -2.01. The highest BCUT2D eigenvalue weighted by molar-refractivity contribution is 5.86. The van der Waals surface area contributed by atoms with Crippen LogP contribution in [0.5, 0.6) is 23.3 Å². The zero-order valence-corrected chi connectivity index (χ0v) is 10.9. The molecule has 0 amide bonds. The first-order valence-electron chi connectivity index (χ1n) is 5.60. The number of hydrogen-bond acceptors (Lipinski definition) is 6. The Balaban J connectivity index is 2.31. The molecule has 20 heavy (non-hydrogen) atoms. The van der Waals surface area contributed by atoms with E-state index < -0.39 is 5.97 Å². The van der Waals surface area contributed by atoms with Gasteiger partial charge in [0.1, 0.15) is 0 Å². The Morgan fingerprint density at radius 2 is 1.65 bits per heavy atom. The molecule has 0 spiro atoms. The monoisotopic (exact) mass is 276 g/mol. The highest BCUT2D eigenvalue weighted by Gasteiger charge is 2.14. The summed E-state index contributed by atoms with van der Waals surface area (Å²) in [7, 11) is 2.99. The second-order valence-electron chi connectivity index (χ2n) is 3.65. The molecule has 7 nitrogen and oxygen atoms in total. The molecule has 0 bridgehead atoms. The maximum Gasteiger partial charge on any atom is 0.338 e. The van der Waals surface area contributed by atoms with E-state index in [0.29, 0.717) is 17.2 Å². The Morgan fingerprint density at radius 3 is 2.10 bits per heavy atom. The van der Waals surface area contributed by atoms with Gasteiger partial charge in [-0.3, -0.25) is 0 Å². The molecule has 2 rings (SSSR count). The number of methoxy groups -OCH3 is 2. The number of nitrogens with zero attached hydrogens (tertiary/aromatic N) is 2. The zero-order valence-electron chi connectivity index (χ0n) is 10.9. The van der Waals surface area contributed by atoms with E-state index in [4.69, 9.17) is 19.3 Å². The van der Waals surface area contributed by atoms with Gasteiger partial charge in [-0.2, -0.15) is 0 Å². The molecule has 0 atom stereocenters. The van der Waals surface area contributed by atoms with Gasteiger partial charge in [-0.05, 0) is 12.1 Å². The van der Waals surface area contributed by atoms with Gasteiger partial charge in [0.25, 0.3) is 0 Å². The number of para-hydroxylation sites is 1. The van der Waals surface area contributed by atoms with E-state index in [0.717, 1.165) is 12.4 Å². The van der Waals surface area contributed by atoms with Gasteiger partial charge in [0.15, 0.2) is 11.5 Å². The minimum absolute atomic E-state index is 0.00204. The first-order valence-corrected chi connectivity index (χ1v) is 5.60. The smallest absolute Gasteiger partial charge is 0.338 e. The molecule has 0 aliphatic carbocycles. The van der Waals surface area contributed by atoms with Crippen LogP contribution in [0.3, 0.4) is 0 Å². The fourth-order valence-corrected chi connectivity index (χ4v) is 1.49. The predicted molar refractivity (Wildman–Crippen MR) is 68.6 cm³/mol. The van der Waals surface area contributed by atoms with Crippen LogP contribution >= 0.6 is 0 Å². The molecule has 0 saturated heterocycles. The first-order chi connectivity index (χ1) is 9.65. The predicted octanol–water partition coefficient (Wildman–Crippen LogP) is 1.98. The molecule has 1 N–H and O–H groups in total. The van der Waals surface area contributed by atoms with Gasteiger partial charge in [0.05, 0.1) is 19.8 Å². The van der Waals surface area contributed by atoms with Gasteiger partial charge in [-0.25, -0.2) is 14.8 Å². The number of rotatable bonds is 5. The molecular weight excluding hydrogens is 264 g/mol. The average molecular weight is 276 g/mol. The van der Waals surface area contributed by atoms with E-state index in [9.17, 15) is 4.79 Å². The van der Waals surface area contributed by atoms with Crippen molar-refractivity contribution in [3.05, 3.63) is 36.2 Å². The van der Waals surface area contributed by atoms with Gasteiger partial charge in [0, 0.05) is 12.4 Å². The lowest BCUT2D eigenvalue weighted by Gasteiger charge is -2.12. The van der Waals surface area contributed by atoms with Crippen molar-refractivity contribution >= 4 is 5.97 Å². The molecule has 0 radical (unpaired) electrons. The molecule has 0 aliphatic heterocycles. The summed E-state index contributed by atoms with van der Waals surface area (Å²) in [5.74, 6) is 0.123. The summed E-state index contributed by atoms with van der Waals surface area (Å²) >= 11 is 0. The lowest BCUT2D eigenvalue weighted by molar-refractivity contribution is 0.0696. The van der Waals surface area contributed by atoms with E-state index in [1.54, 1.807) is 18.2 Å². The number of carbonyl (C=O) groups is 1. The first kappa shape index (κ1) is 13.6. The fraction of sp³-hybridized carbons (Fsp3) is 0.154. The van der Waals surface area contributed by atoms with Crippen LogP contribution in [0.15, 0.2) is 30.6 Å². The number of carboxylic acids is 1. The molecular formula is C13H12N2O5. The van der Waals surface area contributed by atoms with Crippen molar-refractivity contribution < 1.29 is 24.1 Å². The van der Waals surface area contributed by atoms with Gasteiger partial charge < -0.3 is 19.3 Å². The minimum atomic E-state index is -1.11.